The molecule has 1 aromatic carbocycles. The number of thiophene rings is 1. The summed E-state index contributed by atoms with van der Waals surface area (Å²) in [5.41, 5.74) is 1.17. The van der Waals surface area contributed by atoms with E-state index in [4.69, 9.17) is 4.74 Å². The molecular weight excluding hydrogens is 336 g/mol. The minimum Gasteiger partial charge on any atom is -0.488 e. The minimum atomic E-state index is -0.264. The molecule has 1 N–H and O–H groups in total. The van der Waals surface area contributed by atoms with Gasteiger partial charge in [0.15, 0.2) is 5.65 Å². The average molecular weight is 350 g/mol. The van der Waals surface area contributed by atoms with Crippen molar-refractivity contribution in [2.45, 2.75) is 6.61 Å². The summed E-state index contributed by atoms with van der Waals surface area (Å²) >= 11 is 1.63. The molecule has 0 atom stereocenters. The number of fused-ring (bicyclic) bond motifs is 1. The Morgan fingerprint density at radius 2 is 2.08 bits per heavy atom. The summed E-state index contributed by atoms with van der Waals surface area (Å²) in [7, 11) is 0. The van der Waals surface area contributed by atoms with Crippen molar-refractivity contribution in [3.05, 3.63) is 76.6 Å². The van der Waals surface area contributed by atoms with Crippen molar-refractivity contribution in [2.75, 3.05) is 5.32 Å². The Hall–Kier alpha value is -3.19. The Labute approximate surface area is 147 Å². The molecule has 3 heterocycles. The molecule has 0 unspecified atom stereocenters. The van der Waals surface area contributed by atoms with Crippen LogP contribution >= 0.6 is 11.3 Å². The van der Waals surface area contributed by atoms with Crippen LogP contribution in [0.3, 0.4) is 0 Å². The number of hydrogen-bond donors (Lipinski definition) is 1. The molecule has 3 aromatic heterocycles. The van der Waals surface area contributed by atoms with Crippen LogP contribution < -0.4 is 10.1 Å². The Morgan fingerprint density at radius 1 is 1.12 bits per heavy atom. The van der Waals surface area contributed by atoms with Crippen LogP contribution in [0.25, 0.3) is 5.65 Å². The Morgan fingerprint density at radius 3 is 2.96 bits per heavy atom. The molecule has 25 heavy (non-hydrogen) atoms. The van der Waals surface area contributed by atoms with Crippen LogP contribution in [0.4, 0.5) is 5.95 Å². The van der Waals surface area contributed by atoms with Crippen LogP contribution in [-0.2, 0) is 6.61 Å². The smallest absolute Gasteiger partial charge is 0.258 e. The summed E-state index contributed by atoms with van der Waals surface area (Å²) in [4.78, 5) is 13.6. The standard InChI is InChI=1S/C18H14N4O2S/c23-17(19-18-21-20-16-8-1-2-9-22(16)18)13-5-3-6-14(11-13)24-12-15-7-4-10-25-15/h1-11H,12H2,(H,19,21,23). The van der Waals surface area contributed by atoms with Gasteiger partial charge in [0.25, 0.3) is 5.91 Å². The predicted octanol–water partition coefficient (Wildman–Crippen LogP) is 3.62. The molecule has 0 bridgehead atoms. The molecular formula is C18H14N4O2S. The first-order chi connectivity index (χ1) is 12.3. The van der Waals surface area contributed by atoms with Gasteiger partial charge in [0.05, 0.1) is 0 Å². The maximum Gasteiger partial charge on any atom is 0.258 e. The first kappa shape index (κ1) is 15.3. The van der Waals surface area contributed by atoms with Gasteiger partial charge in [-0.25, -0.2) is 0 Å². The third-order valence-corrected chi connectivity index (χ3v) is 4.45. The molecule has 1 amide bonds. The maximum absolute atomic E-state index is 12.5. The number of pyridine rings is 1. The van der Waals surface area contributed by atoms with Gasteiger partial charge in [-0.3, -0.25) is 14.5 Å². The quantitative estimate of drug-likeness (QED) is 0.597. The number of nitrogens with one attached hydrogen (secondary N) is 1. The summed E-state index contributed by atoms with van der Waals surface area (Å²) in [5, 5.41) is 12.8. The van der Waals surface area contributed by atoms with Crippen molar-refractivity contribution in [3.8, 4) is 5.75 Å². The molecule has 0 saturated heterocycles. The summed E-state index contributed by atoms with van der Waals surface area (Å²) in [5.74, 6) is 0.761. The van der Waals surface area contributed by atoms with Crippen molar-refractivity contribution < 1.29 is 9.53 Å². The van der Waals surface area contributed by atoms with Gasteiger partial charge in [-0.1, -0.05) is 18.2 Å². The van der Waals surface area contributed by atoms with Gasteiger partial charge in [0.1, 0.15) is 12.4 Å². The van der Waals surface area contributed by atoms with E-state index in [1.807, 2.05) is 41.8 Å². The summed E-state index contributed by atoms with van der Waals surface area (Å²) in [6, 6.07) is 16.6. The zero-order chi connectivity index (χ0) is 17.1. The van der Waals surface area contributed by atoms with Gasteiger partial charge in [-0.05, 0) is 41.8 Å². The van der Waals surface area contributed by atoms with E-state index < -0.39 is 0 Å². The second kappa shape index (κ2) is 6.74. The Bertz CT molecular complexity index is 1010. The highest BCUT2D eigenvalue weighted by Crippen LogP contribution is 2.18. The van der Waals surface area contributed by atoms with Gasteiger partial charge < -0.3 is 4.74 Å². The van der Waals surface area contributed by atoms with Gasteiger partial charge in [0.2, 0.25) is 5.95 Å². The van der Waals surface area contributed by atoms with Crippen LogP contribution in [0, 0.1) is 0 Å². The number of ether oxygens (including phenoxy) is 1. The van der Waals surface area contributed by atoms with E-state index in [0.717, 1.165) is 4.88 Å². The van der Waals surface area contributed by atoms with E-state index >= 15 is 0 Å². The van der Waals surface area contributed by atoms with Crippen molar-refractivity contribution in [3.63, 3.8) is 0 Å². The highest BCUT2D eigenvalue weighted by Gasteiger charge is 2.11. The summed E-state index contributed by atoms with van der Waals surface area (Å²) in [6.07, 6.45) is 1.80. The fourth-order valence-electron chi connectivity index (χ4n) is 2.38. The molecule has 6 nitrogen and oxygen atoms in total. The van der Waals surface area contributed by atoms with E-state index in [0.29, 0.717) is 29.5 Å². The molecule has 0 spiro atoms. The molecule has 0 aliphatic heterocycles. The van der Waals surface area contributed by atoms with Crippen LogP contribution in [0.1, 0.15) is 15.2 Å². The summed E-state index contributed by atoms with van der Waals surface area (Å²) < 4.78 is 7.46. The number of rotatable bonds is 5. The minimum absolute atomic E-state index is 0.264. The van der Waals surface area contributed by atoms with Crippen molar-refractivity contribution in [1.29, 1.82) is 0 Å². The van der Waals surface area contributed by atoms with Gasteiger partial charge in [-0.2, -0.15) is 0 Å². The van der Waals surface area contributed by atoms with E-state index in [1.165, 1.54) is 0 Å². The molecule has 0 fully saturated rings. The lowest BCUT2D eigenvalue weighted by atomic mass is 10.2. The molecule has 7 heteroatoms. The normalized spacial score (nSPS) is 10.7. The second-order valence-corrected chi connectivity index (χ2v) is 6.33. The van der Waals surface area contributed by atoms with E-state index in [1.54, 1.807) is 40.1 Å². The van der Waals surface area contributed by atoms with Crippen molar-refractivity contribution in [1.82, 2.24) is 14.6 Å². The van der Waals surface area contributed by atoms with E-state index in [-0.39, 0.29) is 5.91 Å². The number of carbonyl (C=O) groups is 1. The van der Waals surface area contributed by atoms with Crippen molar-refractivity contribution in [2.24, 2.45) is 0 Å². The van der Waals surface area contributed by atoms with Crippen LogP contribution in [-0.4, -0.2) is 20.5 Å². The number of hydrogen-bond acceptors (Lipinski definition) is 5. The van der Waals surface area contributed by atoms with Crippen LogP contribution in [0.2, 0.25) is 0 Å². The Balaban J connectivity index is 1.49. The lowest BCUT2D eigenvalue weighted by Crippen LogP contribution is -2.14. The zero-order valence-corrected chi connectivity index (χ0v) is 13.9. The van der Waals surface area contributed by atoms with E-state index in [2.05, 4.69) is 15.5 Å². The third kappa shape index (κ3) is 3.36. The molecule has 0 saturated carbocycles. The fourth-order valence-corrected chi connectivity index (χ4v) is 2.99. The van der Waals surface area contributed by atoms with Crippen LogP contribution in [0.5, 0.6) is 5.75 Å². The molecule has 0 aliphatic carbocycles. The first-order valence-electron chi connectivity index (χ1n) is 7.66. The highest BCUT2D eigenvalue weighted by molar-refractivity contribution is 7.09. The molecule has 124 valence electrons. The number of anilines is 1. The number of amides is 1. The molecule has 4 aromatic rings. The topological polar surface area (TPSA) is 68.5 Å². The van der Waals surface area contributed by atoms with Crippen LogP contribution in [0.15, 0.2) is 66.2 Å². The predicted molar refractivity (Wildman–Crippen MR) is 96.0 cm³/mol. The molecule has 0 radical (unpaired) electrons. The Kier molecular flexibility index (Phi) is 4.14. The lowest BCUT2D eigenvalue weighted by Gasteiger charge is -2.07. The highest BCUT2D eigenvalue weighted by atomic mass is 32.1. The monoisotopic (exact) mass is 350 g/mol. The van der Waals surface area contributed by atoms with Crippen molar-refractivity contribution >= 4 is 28.8 Å². The number of benzene rings is 1. The number of aromatic nitrogens is 3. The number of nitrogens with zero attached hydrogens (tertiary/aromatic N) is 3. The zero-order valence-electron chi connectivity index (χ0n) is 13.1. The largest absolute Gasteiger partial charge is 0.488 e. The summed E-state index contributed by atoms with van der Waals surface area (Å²) in [6.45, 7) is 0.484. The van der Waals surface area contributed by atoms with Gasteiger partial charge in [0, 0.05) is 16.6 Å². The van der Waals surface area contributed by atoms with Gasteiger partial charge >= 0.3 is 0 Å². The van der Waals surface area contributed by atoms with E-state index in [9.17, 15) is 4.79 Å². The lowest BCUT2D eigenvalue weighted by molar-refractivity contribution is 0.102. The third-order valence-electron chi connectivity index (χ3n) is 3.60. The second-order valence-electron chi connectivity index (χ2n) is 5.30. The molecule has 0 aliphatic rings. The SMILES string of the molecule is O=C(Nc1nnc2ccccn12)c1cccc(OCc2cccs2)c1. The first-order valence-corrected chi connectivity index (χ1v) is 8.54. The van der Waals surface area contributed by atoms with Gasteiger partial charge in [-0.15, -0.1) is 21.5 Å². The maximum atomic E-state index is 12.5. The molecule has 4 rings (SSSR count). The number of carbonyl (C=O) groups excluding carboxylic acids is 1. The fraction of sp³-hybridized carbons (Fsp3) is 0.0556. The average Bonchev–Trinajstić information content (AvgIpc) is 3.31.